The number of nitrogens with zero attached hydrogens (tertiary/aromatic N) is 1. The molecule has 164 valence electrons. The third-order valence-corrected chi connectivity index (χ3v) is 6.65. The number of carbonyl (C=O) groups is 3. The highest BCUT2D eigenvalue weighted by Crippen LogP contribution is 2.22. The fourth-order valence-electron chi connectivity index (χ4n) is 3.75. The van der Waals surface area contributed by atoms with E-state index in [1.54, 1.807) is 24.3 Å². The van der Waals surface area contributed by atoms with E-state index < -0.39 is 16.1 Å². The second-order valence-electron chi connectivity index (χ2n) is 7.61. The molecule has 1 aliphatic heterocycles. The minimum atomic E-state index is -3.68. The van der Waals surface area contributed by atoms with Gasteiger partial charge < -0.3 is 4.74 Å². The number of nitrogens with one attached hydrogen (secondary N) is 2. The summed E-state index contributed by atoms with van der Waals surface area (Å²) in [4.78, 5) is 36.7. The Hall–Kier alpha value is -2.46. The molecule has 2 N–H and O–H groups in total. The van der Waals surface area contributed by atoms with Crippen LogP contribution in [-0.4, -0.2) is 55.7 Å². The summed E-state index contributed by atoms with van der Waals surface area (Å²) in [6.45, 7) is -0.140. The molecule has 0 aromatic heterocycles. The Balaban J connectivity index is 1.46. The number of amides is 3. The van der Waals surface area contributed by atoms with Crippen molar-refractivity contribution in [2.24, 2.45) is 0 Å². The first kappa shape index (κ1) is 22.2. The fourth-order valence-corrected chi connectivity index (χ4v) is 5.02. The van der Waals surface area contributed by atoms with Gasteiger partial charge in [0.25, 0.3) is 0 Å². The maximum Gasteiger partial charge on any atom is 0.411 e. The van der Waals surface area contributed by atoms with Crippen molar-refractivity contribution in [3.8, 4) is 0 Å². The van der Waals surface area contributed by atoms with Crippen molar-refractivity contribution in [1.29, 1.82) is 0 Å². The second kappa shape index (κ2) is 10.0. The van der Waals surface area contributed by atoms with Crippen molar-refractivity contribution in [3.63, 3.8) is 0 Å². The Labute approximate surface area is 176 Å². The molecule has 3 amide bonds. The lowest BCUT2D eigenvalue weighted by Gasteiger charge is -2.30. The highest BCUT2D eigenvalue weighted by atomic mass is 32.2. The zero-order valence-electron chi connectivity index (χ0n) is 16.7. The van der Waals surface area contributed by atoms with Gasteiger partial charge in [-0.3, -0.25) is 19.8 Å². The number of benzene rings is 1. The van der Waals surface area contributed by atoms with Crippen molar-refractivity contribution >= 4 is 33.6 Å². The molecule has 3 rings (SSSR count). The van der Waals surface area contributed by atoms with E-state index in [0.29, 0.717) is 31.4 Å². The molecule has 10 heteroatoms. The van der Waals surface area contributed by atoms with E-state index in [4.69, 9.17) is 4.74 Å². The van der Waals surface area contributed by atoms with Gasteiger partial charge in [-0.15, -0.1) is 0 Å². The quantitative estimate of drug-likeness (QED) is 0.629. The van der Waals surface area contributed by atoms with E-state index in [1.165, 1.54) is 0 Å². The molecule has 1 heterocycles. The zero-order valence-corrected chi connectivity index (χ0v) is 17.5. The minimum Gasteiger partial charge on any atom is -0.446 e. The van der Waals surface area contributed by atoms with Crippen LogP contribution in [0, 0.1) is 0 Å². The summed E-state index contributed by atoms with van der Waals surface area (Å²) in [5.74, 6) is -0.977. The first-order valence-corrected chi connectivity index (χ1v) is 11.8. The van der Waals surface area contributed by atoms with Gasteiger partial charge in [0.15, 0.2) is 0 Å². The van der Waals surface area contributed by atoms with Crippen LogP contribution in [-0.2, 0) is 24.3 Å². The standard InChI is InChI=1S/C20H27N3O6S/c24-18-10-5-11-19(25)23(18)12-13-30(27,28)22-16-8-4-9-17(14-16)29-20(26)21-15-6-2-1-3-7-15/h1-3,6-7,16-17,22H,4-5,8-14H2,(H,21,26)/t16-,17-/m1/s1. The fraction of sp³-hybridized carbons (Fsp3) is 0.550. The molecule has 9 nitrogen and oxygen atoms in total. The van der Waals surface area contributed by atoms with Gasteiger partial charge in [-0.05, 0) is 37.8 Å². The Morgan fingerprint density at radius 3 is 2.47 bits per heavy atom. The van der Waals surface area contributed by atoms with Crippen LogP contribution < -0.4 is 10.0 Å². The maximum absolute atomic E-state index is 12.4. The summed E-state index contributed by atoms with van der Waals surface area (Å²) in [6.07, 6.45) is 2.50. The number of likely N-dealkylation sites (tertiary alicyclic amines) is 1. The van der Waals surface area contributed by atoms with Crippen molar-refractivity contribution in [2.45, 2.75) is 57.1 Å². The van der Waals surface area contributed by atoms with Gasteiger partial charge in [0.1, 0.15) is 6.10 Å². The molecule has 0 unspecified atom stereocenters. The lowest BCUT2D eigenvalue weighted by atomic mass is 9.94. The number of sulfonamides is 1. The molecule has 0 radical (unpaired) electrons. The highest BCUT2D eigenvalue weighted by molar-refractivity contribution is 7.89. The predicted molar refractivity (Wildman–Crippen MR) is 110 cm³/mol. The van der Waals surface area contributed by atoms with Gasteiger partial charge in [0, 0.05) is 37.5 Å². The van der Waals surface area contributed by atoms with Gasteiger partial charge in [-0.2, -0.15) is 0 Å². The molecule has 1 aromatic carbocycles. The molecule has 0 spiro atoms. The molecular weight excluding hydrogens is 410 g/mol. The van der Waals surface area contributed by atoms with E-state index in [-0.39, 0.29) is 49.1 Å². The van der Waals surface area contributed by atoms with Crippen LogP contribution in [0.15, 0.2) is 30.3 Å². The van der Waals surface area contributed by atoms with Crippen LogP contribution in [0.1, 0.15) is 44.9 Å². The zero-order chi connectivity index (χ0) is 21.6. The van der Waals surface area contributed by atoms with Crippen molar-refractivity contribution < 1.29 is 27.5 Å². The smallest absolute Gasteiger partial charge is 0.411 e. The molecule has 30 heavy (non-hydrogen) atoms. The van der Waals surface area contributed by atoms with Gasteiger partial charge in [0.05, 0.1) is 5.75 Å². The third-order valence-electron chi connectivity index (χ3n) is 5.23. The monoisotopic (exact) mass is 437 g/mol. The van der Waals surface area contributed by atoms with Crippen LogP contribution in [0.4, 0.5) is 10.5 Å². The van der Waals surface area contributed by atoms with E-state index in [9.17, 15) is 22.8 Å². The first-order chi connectivity index (χ1) is 14.3. The van der Waals surface area contributed by atoms with Crippen molar-refractivity contribution in [2.75, 3.05) is 17.6 Å². The van der Waals surface area contributed by atoms with Crippen LogP contribution in [0.5, 0.6) is 0 Å². The highest BCUT2D eigenvalue weighted by Gasteiger charge is 2.30. The van der Waals surface area contributed by atoms with Gasteiger partial charge >= 0.3 is 6.09 Å². The number of carbonyl (C=O) groups excluding carboxylic acids is 3. The van der Waals surface area contributed by atoms with Crippen molar-refractivity contribution in [1.82, 2.24) is 9.62 Å². The van der Waals surface area contributed by atoms with Crippen LogP contribution in [0.3, 0.4) is 0 Å². The summed E-state index contributed by atoms with van der Waals surface area (Å²) in [7, 11) is -3.68. The Morgan fingerprint density at radius 1 is 1.07 bits per heavy atom. The summed E-state index contributed by atoms with van der Waals surface area (Å²) < 4.78 is 33.0. The summed E-state index contributed by atoms with van der Waals surface area (Å²) in [6, 6.07) is 8.57. The molecule has 1 saturated carbocycles. The molecule has 2 atom stereocenters. The average Bonchev–Trinajstić information content (AvgIpc) is 2.68. The number of para-hydroxylation sites is 1. The van der Waals surface area contributed by atoms with Crippen LogP contribution in [0.25, 0.3) is 0 Å². The van der Waals surface area contributed by atoms with E-state index in [0.717, 1.165) is 11.3 Å². The van der Waals surface area contributed by atoms with Gasteiger partial charge in [0.2, 0.25) is 21.8 Å². The normalized spacial score (nSPS) is 22.6. The maximum atomic E-state index is 12.4. The Morgan fingerprint density at radius 2 is 1.77 bits per heavy atom. The Bertz CT molecular complexity index is 858. The summed E-state index contributed by atoms with van der Waals surface area (Å²) in [5, 5.41) is 2.65. The molecule has 1 aromatic rings. The number of anilines is 1. The number of hydrogen-bond acceptors (Lipinski definition) is 6. The Kier molecular flexibility index (Phi) is 7.43. The minimum absolute atomic E-state index is 0.140. The molecule has 0 bridgehead atoms. The first-order valence-electron chi connectivity index (χ1n) is 10.2. The molecule has 2 fully saturated rings. The third kappa shape index (κ3) is 6.53. The molecule has 1 aliphatic carbocycles. The van der Waals surface area contributed by atoms with Crippen LogP contribution in [0.2, 0.25) is 0 Å². The number of hydrogen-bond donors (Lipinski definition) is 2. The number of imide groups is 1. The molecule has 2 aliphatic rings. The molecule has 1 saturated heterocycles. The lowest BCUT2D eigenvalue weighted by molar-refractivity contribution is -0.147. The topological polar surface area (TPSA) is 122 Å². The van der Waals surface area contributed by atoms with Crippen LogP contribution >= 0.6 is 0 Å². The summed E-state index contributed by atoms with van der Waals surface area (Å²) in [5.41, 5.74) is 0.623. The average molecular weight is 438 g/mol. The van der Waals surface area contributed by atoms with Gasteiger partial charge in [-0.25, -0.2) is 17.9 Å². The van der Waals surface area contributed by atoms with E-state index >= 15 is 0 Å². The van der Waals surface area contributed by atoms with E-state index in [1.807, 2.05) is 6.07 Å². The molecular formula is C20H27N3O6S. The van der Waals surface area contributed by atoms with E-state index in [2.05, 4.69) is 10.0 Å². The summed E-state index contributed by atoms with van der Waals surface area (Å²) >= 11 is 0. The SMILES string of the molecule is O=C(Nc1ccccc1)O[C@@H]1CCC[C@@H](NS(=O)(=O)CCN2C(=O)CCCC2=O)C1. The van der Waals surface area contributed by atoms with Crippen molar-refractivity contribution in [3.05, 3.63) is 30.3 Å². The largest absolute Gasteiger partial charge is 0.446 e. The number of ether oxygens (including phenoxy) is 1. The lowest BCUT2D eigenvalue weighted by Crippen LogP contribution is -2.46. The predicted octanol–water partition coefficient (Wildman–Crippen LogP) is 2.00. The second-order valence-corrected chi connectivity index (χ2v) is 9.48. The van der Waals surface area contributed by atoms with Gasteiger partial charge in [-0.1, -0.05) is 18.2 Å². The number of piperidine rings is 1. The number of rotatable bonds is 7.